The van der Waals surface area contributed by atoms with E-state index in [2.05, 4.69) is 25.3 Å². The van der Waals surface area contributed by atoms with Gasteiger partial charge in [0.2, 0.25) is 0 Å². The Kier molecular flexibility index (Phi) is 4.62. The largest absolute Gasteiger partial charge is 0.360 e. The molecular weight excluding hydrogens is 421 g/mol. The monoisotopic (exact) mass is 436 g/mol. The average Bonchev–Trinajstić information content (AvgIpc) is 3.24. The van der Waals surface area contributed by atoms with E-state index >= 15 is 0 Å². The lowest BCUT2D eigenvalue weighted by atomic mass is 10.1. The Morgan fingerprint density at radius 1 is 1.00 bits per heavy atom. The molecule has 7 nitrogen and oxygen atoms in total. The van der Waals surface area contributed by atoms with Crippen LogP contribution in [-0.2, 0) is 0 Å². The number of imidazole rings is 1. The van der Waals surface area contributed by atoms with Crippen LogP contribution < -0.4 is 10.9 Å². The van der Waals surface area contributed by atoms with E-state index in [1.807, 2.05) is 0 Å². The molecule has 0 radical (unpaired) electrons. The first-order valence-electron chi connectivity index (χ1n) is 9.65. The summed E-state index contributed by atoms with van der Waals surface area (Å²) in [5.41, 5.74) is -0.302. The van der Waals surface area contributed by atoms with Crippen molar-refractivity contribution in [2.75, 3.05) is 5.32 Å². The standard InChI is InChI=1S/C22H15F3N6O/c1-11(30-21-18-20(27-9-26-18)28-10-29-21)16-8-12-4-2-5-13(23)17(12)22(32)31(16)19-14(24)6-3-7-15(19)25/h2-11H,1H3,(H2,26,27,28,29,30)/t11-/m1/s1. The van der Waals surface area contributed by atoms with Gasteiger partial charge in [-0.25, -0.2) is 28.1 Å². The lowest BCUT2D eigenvalue weighted by Gasteiger charge is -2.22. The third-order valence-corrected chi connectivity index (χ3v) is 5.20. The van der Waals surface area contributed by atoms with Gasteiger partial charge in [0.15, 0.2) is 11.5 Å². The molecule has 5 aromatic rings. The molecule has 0 spiro atoms. The first-order chi connectivity index (χ1) is 15.5. The number of nitrogens with one attached hydrogen (secondary N) is 2. The molecule has 5 rings (SSSR count). The number of aromatic amines is 1. The van der Waals surface area contributed by atoms with Gasteiger partial charge in [-0.05, 0) is 36.6 Å². The maximum atomic E-state index is 14.7. The van der Waals surface area contributed by atoms with Crippen molar-refractivity contribution in [1.82, 2.24) is 24.5 Å². The highest BCUT2D eigenvalue weighted by Gasteiger charge is 2.23. The maximum Gasteiger partial charge on any atom is 0.266 e. The zero-order valence-electron chi connectivity index (χ0n) is 16.6. The summed E-state index contributed by atoms with van der Waals surface area (Å²) in [7, 11) is 0. The van der Waals surface area contributed by atoms with Crippen LogP contribution in [0.15, 0.2) is 59.9 Å². The summed E-state index contributed by atoms with van der Waals surface area (Å²) in [6.07, 6.45) is 2.79. The molecule has 0 aliphatic carbocycles. The molecule has 10 heteroatoms. The number of anilines is 1. The SMILES string of the molecule is C[C@@H](Nc1ncnc2[nH]cnc12)c1cc2cccc(F)c2c(=O)n1-c1c(F)cccc1F. The highest BCUT2D eigenvalue weighted by molar-refractivity contribution is 5.84. The van der Waals surface area contributed by atoms with Crippen molar-refractivity contribution in [2.45, 2.75) is 13.0 Å². The normalized spacial score (nSPS) is 12.4. The Labute approximate surface area is 178 Å². The van der Waals surface area contributed by atoms with Gasteiger partial charge in [0.25, 0.3) is 5.56 Å². The highest BCUT2D eigenvalue weighted by atomic mass is 19.1. The Morgan fingerprint density at radius 3 is 2.50 bits per heavy atom. The van der Waals surface area contributed by atoms with Crippen LogP contribution in [0.4, 0.5) is 19.0 Å². The Hall–Kier alpha value is -4.21. The van der Waals surface area contributed by atoms with Gasteiger partial charge in [0.05, 0.1) is 17.8 Å². The molecule has 1 atom stereocenters. The summed E-state index contributed by atoms with van der Waals surface area (Å²) in [6, 6.07) is 8.27. The lowest BCUT2D eigenvalue weighted by Crippen LogP contribution is -2.27. The van der Waals surface area contributed by atoms with Crippen LogP contribution in [0.25, 0.3) is 27.6 Å². The van der Waals surface area contributed by atoms with E-state index in [-0.39, 0.29) is 11.1 Å². The van der Waals surface area contributed by atoms with Crippen molar-refractivity contribution >= 4 is 27.8 Å². The van der Waals surface area contributed by atoms with Crippen LogP contribution in [0.1, 0.15) is 18.7 Å². The van der Waals surface area contributed by atoms with Crippen molar-refractivity contribution in [3.05, 3.63) is 88.6 Å². The fraction of sp³-hybridized carbons (Fsp3) is 0.0909. The summed E-state index contributed by atoms with van der Waals surface area (Å²) in [6.45, 7) is 1.69. The van der Waals surface area contributed by atoms with Gasteiger partial charge in [-0.15, -0.1) is 0 Å². The van der Waals surface area contributed by atoms with Crippen molar-refractivity contribution < 1.29 is 13.2 Å². The molecule has 2 N–H and O–H groups in total. The molecule has 3 heterocycles. The zero-order valence-corrected chi connectivity index (χ0v) is 16.6. The van der Waals surface area contributed by atoms with Gasteiger partial charge >= 0.3 is 0 Å². The van der Waals surface area contributed by atoms with E-state index in [0.717, 1.165) is 22.8 Å². The topological polar surface area (TPSA) is 88.5 Å². The number of hydrogen-bond donors (Lipinski definition) is 2. The summed E-state index contributed by atoms with van der Waals surface area (Å²) in [5, 5.41) is 3.15. The molecule has 0 aliphatic heterocycles. The minimum atomic E-state index is -0.951. The molecular formula is C22H15F3N6O. The number of halogens is 3. The van der Waals surface area contributed by atoms with E-state index in [9.17, 15) is 18.0 Å². The second-order valence-electron chi connectivity index (χ2n) is 7.17. The molecule has 3 aromatic heterocycles. The first-order valence-corrected chi connectivity index (χ1v) is 9.65. The third-order valence-electron chi connectivity index (χ3n) is 5.20. The van der Waals surface area contributed by atoms with Crippen LogP contribution in [0.5, 0.6) is 0 Å². The van der Waals surface area contributed by atoms with Crippen LogP contribution in [0.2, 0.25) is 0 Å². The second kappa shape index (κ2) is 7.49. The highest BCUT2D eigenvalue weighted by Crippen LogP contribution is 2.28. The van der Waals surface area contributed by atoms with Crippen molar-refractivity contribution in [1.29, 1.82) is 0 Å². The molecule has 0 fully saturated rings. The predicted molar refractivity (Wildman–Crippen MR) is 113 cm³/mol. The Bertz CT molecular complexity index is 1520. The van der Waals surface area contributed by atoms with Crippen LogP contribution >= 0.6 is 0 Å². The number of fused-ring (bicyclic) bond motifs is 2. The molecule has 160 valence electrons. The second-order valence-corrected chi connectivity index (χ2v) is 7.17. The summed E-state index contributed by atoms with van der Waals surface area (Å²) >= 11 is 0. The molecule has 32 heavy (non-hydrogen) atoms. The molecule has 2 aromatic carbocycles. The van der Waals surface area contributed by atoms with Gasteiger partial charge in [-0.3, -0.25) is 9.36 Å². The number of nitrogens with zero attached hydrogens (tertiary/aromatic N) is 4. The zero-order chi connectivity index (χ0) is 22.4. The number of H-pyrrole nitrogens is 1. The van der Waals surface area contributed by atoms with Crippen LogP contribution in [0, 0.1) is 17.5 Å². The lowest BCUT2D eigenvalue weighted by molar-refractivity contribution is 0.560. The molecule has 0 saturated heterocycles. The third kappa shape index (κ3) is 3.08. The number of para-hydroxylation sites is 1. The fourth-order valence-corrected chi connectivity index (χ4v) is 3.74. The quantitative estimate of drug-likeness (QED) is 0.440. The molecule has 0 saturated carbocycles. The van der Waals surface area contributed by atoms with E-state index in [4.69, 9.17) is 0 Å². The Balaban J connectivity index is 1.76. The molecule has 0 unspecified atom stereocenters. The number of pyridine rings is 1. The van der Waals surface area contributed by atoms with Crippen LogP contribution in [0.3, 0.4) is 0 Å². The summed E-state index contributed by atoms with van der Waals surface area (Å²) < 4.78 is 44.8. The number of rotatable bonds is 4. The minimum Gasteiger partial charge on any atom is -0.360 e. The van der Waals surface area contributed by atoms with Crippen molar-refractivity contribution in [3.8, 4) is 5.69 Å². The number of benzene rings is 2. The average molecular weight is 436 g/mol. The minimum absolute atomic E-state index is 0.208. The van der Waals surface area contributed by atoms with Gasteiger partial charge < -0.3 is 10.3 Å². The van der Waals surface area contributed by atoms with E-state index in [1.165, 1.54) is 30.9 Å². The predicted octanol–water partition coefficient (Wildman–Crippen LogP) is 4.25. The maximum absolute atomic E-state index is 14.7. The Morgan fingerprint density at radius 2 is 1.72 bits per heavy atom. The summed E-state index contributed by atoms with van der Waals surface area (Å²) in [5.74, 6) is -2.32. The van der Waals surface area contributed by atoms with E-state index < -0.39 is 34.7 Å². The summed E-state index contributed by atoms with van der Waals surface area (Å²) in [4.78, 5) is 28.6. The van der Waals surface area contributed by atoms with E-state index in [1.54, 1.807) is 13.0 Å². The van der Waals surface area contributed by atoms with Gasteiger partial charge in [0.1, 0.15) is 35.0 Å². The van der Waals surface area contributed by atoms with Crippen molar-refractivity contribution in [3.63, 3.8) is 0 Å². The smallest absolute Gasteiger partial charge is 0.266 e. The van der Waals surface area contributed by atoms with Gasteiger partial charge in [0, 0.05) is 5.69 Å². The van der Waals surface area contributed by atoms with Gasteiger partial charge in [-0.1, -0.05) is 18.2 Å². The van der Waals surface area contributed by atoms with Crippen LogP contribution in [-0.4, -0.2) is 24.5 Å². The first kappa shape index (κ1) is 19.7. The van der Waals surface area contributed by atoms with Crippen molar-refractivity contribution in [2.24, 2.45) is 0 Å². The number of hydrogen-bond acceptors (Lipinski definition) is 5. The fourth-order valence-electron chi connectivity index (χ4n) is 3.74. The molecule has 0 aliphatic rings. The molecule has 0 amide bonds. The molecule has 0 bridgehead atoms. The van der Waals surface area contributed by atoms with Gasteiger partial charge in [-0.2, -0.15) is 0 Å². The number of aromatic nitrogens is 5. The van der Waals surface area contributed by atoms with E-state index in [0.29, 0.717) is 22.4 Å².